The van der Waals surface area contributed by atoms with Gasteiger partial charge in [0.1, 0.15) is 0 Å². The minimum absolute atomic E-state index is 0.00450. The van der Waals surface area contributed by atoms with Gasteiger partial charge in [0.25, 0.3) is 5.91 Å². The maximum atomic E-state index is 13.0. The molecule has 0 spiro atoms. The summed E-state index contributed by atoms with van der Waals surface area (Å²) >= 11 is 0. The second kappa shape index (κ2) is 9.17. The van der Waals surface area contributed by atoms with Crippen molar-refractivity contribution in [1.29, 1.82) is 0 Å². The molecule has 0 aromatic heterocycles. The molecule has 1 saturated heterocycles. The lowest BCUT2D eigenvalue weighted by Crippen LogP contribution is -2.42. The largest absolute Gasteiger partial charge is 0.337 e. The number of hydrogen-bond acceptors (Lipinski definition) is 3. The molecule has 1 fully saturated rings. The number of rotatable bonds is 5. The molecule has 0 bridgehead atoms. The number of carbonyl (C=O) groups excluding carboxylic acids is 2. The topological polar surface area (TPSA) is 52.7 Å². The van der Waals surface area contributed by atoms with E-state index >= 15 is 0 Å². The van der Waals surface area contributed by atoms with Crippen LogP contribution < -0.4 is 5.32 Å². The van der Waals surface area contributed by atoms with Gasteiger partial charge < -0.3 is 15.1 Å². The number of nitrogens with zero attached hydrogens (tertiary/aromatic N) is 2. The first-order valence-electron chi connectivity index (χ1n) is 9.64. The van der Waals surface area contributed by atoms with E-state index in [1.54, 1.807) is 0 Å². The number of nitrogens with one attached hydrogen (secondary N) is 1. The standard InChI is InChI=1S/C21H33N3O2/c1-15(2)12-20(25)22-19-13-17(10-9-16(19)3)21(26)24-11-7-6-8-18(14-24)23(4)5/h9-10,13,15,18H,6-8,11-12,14H2,1-5H3,(H,22,25). The van der Waals surface area contributed by atoms with Crippen LogP contribution in [0.15, 0.2) is 18.2 Å². The Hall–Kier alpha value is -1.88. The Morgan fingerprint density at radius 2 is 2.00 bits per heavy atom. The van der Waals surface area contributed by atoms with Crippen molar-refractivity contribution in [3.05, 3.63) is 29.3 Å². The lowest BCUT2D eigenvalue weighted by atomic mass is 10.1. The molecule has 1 aromatic carbocycles. The Balaban J connectivity index is 2.15. The minimum atomic E-state index is -0.00450. The molecule has 2 amide bonds. The first-order valence-corrected chi connectivity index (χ1v) is 9.64. The van der Waals surface area contributed by atoms with Crippen LogP contribution in [-0.2, 0) is 4.79 Å². The molecular weight excluding hydrogens is 326 g/mol. The molecule has 2 rings (SSSR count). The zero-order valence-electron chi connectivity index (χ0n) is 16.8. The van der Waals surface area contributed by atoms with Crippen molar-refractivity contribution in [2.24, 2.45) is 5.92 Å². The molecule has 1 heterocycles. The van der Waals surface area contributed by atoms with Gasteiger partial charge >= 0.3 is 0 Å². The van der Waals surface area contributed by atoms with Gasteiger partial charge in [0, 0.05) is 36.8 Å². The summed E-state index contributed by atoms with van der Waals surface area (Å²) in [6.45, 7) is 7.55. The maximum absolute atomic E-state index is 13.0. The second-order valence-corrected chi connectivity index (χ2v) is 8.04. The minimum Gasteiger partial charge on any atom is -0.337 e. The Labute approximate surface area is 157 Å². The zero-order chi connectivity index (χ0) is 19.3. The van der Waals surface area contributed by atoms with Gasteiger partial charge in [0.05, 0.1) is 0 Å². The van der Waals surface area contributed by atoms with Gasteiger partial charge in [-0.2, -0.15) is 0 Å². The average molecular weight is 360 g/mol. The number of amides is 2. The van der Waals surface area contributed by atoms with Crippen LogP contribution in [0.1, 0.15) is 55.5 Å². The van der Waals surface area contributed by atoms with Crippen LogP contribution in [0.4, 0.5) is 5.69 Å². The molecule has 1 unspecified atom stereocenters. The van der Waals surface area contributed by atoms with Crippen molar-refractivity contribution in [2.75, 3.05) is 32.5 Å². The normalized spacial score (nSPS) is 18.1. The van der Waals surface area contributed by atoms with Gasteiger partial charge in [0.2, 0.25) is 5.91 Å². The first kappa shape index (κ1) is 20.4. The molecule has 26 heavy (non-hydrogen) atoms. The van der Waals surface area contributed by atoms with Crippen LogP contribution in [0.3, 0.4) is 0 Å². The van der Waals surface area contributed by atoms with E-state index in [-0.39, 0.29) is 11.8 Å². The summed E-state index contributed by atoms with van der Waals surface area (Å²) in [7, 11) is 4.15. The lowest BCUT2D eigenvalue weighted by Gasteiger charge is -2.28. The molecule has 5 nitrogen and oxygen atoms in total. The maximum Gasteiger partial charge on any atom is 0.253 e. The predicted octanol–water partition coefficient (Wildman–Crippen LogP) is 3.54. The number of benzene rings is 1. The van der Waals surface area contributed by atoms with Crippen LogP contribution in [0.25, 0.3) is 0 Å². The molecule has 144 valence electrons. The van der Waals surface area contributed by atoms with Crippen molar-refractivity contribution < 1.29 is 9.59 Å². The Bertz CT molecular complexity index is 640. The third-order valence-electron chi connectivity index (χ3n) is 5.02. The summed E-state index contributed by atoms with van der Waals surface area (Å²) in [6, 6.07) is 6.01. The summed E-state index contributed by atoms with van der Waals surface area (Å²) in [5.74, 6) is 0.355. The highest BCUT2D eigenvalue weighted by Crippen LogP contribution is 2.21. The molecule has 1 aromatic rings. The van der Waals surface area contributed by atoms with Crippen molar-refractivity contribution in [3.63, 3.8) is 0 Å². The van der Waals surface area contributed by atoms with Gasteiger partial charge in [-0.05, 0) is 57.5 Å². The van der Waals surface area contributed by atoms with Crippen molar-refractivity contribution in [2.45, 2.75) is 52.5 Å². The SMILES string of the molecule is Cc1ccc(C(=O)N2CCCCC(N(C)C)C2)cc1NC(=O)CC(C)C. The number of likely N-dealkylation sites (N-methyl/N-ethyl adjacent to an activating group) is 1. The first-order chi connectivity index (χ1) is 12.3. The fraction of sp³-hybridized carbons (Fsp3) is 0.619. The highest BCUT2D eigenvalue weighted by atomic mass is 16.2. The molecule has 1 aliphatic rings. The third kappa shape index (κ3) is 5.56. The number of aryl methyl sites for hydroxylation is 1. The highest BCUT2D eigenvalue weighted by Gasteiger charge is 2.24. The van der Waals surface area contributed by atoms with Crippen molar-refractivity contribution >= 4 is 17.5 Å². The smallest absolute Gasteiger partial charge is 0.253 e. The van der Waals surface area contributed by atoms with Crippen LogP contribution in [0, 0.1) is 12.8 Å². The fourth-order valence-corrected chi connectivity index (χ4v) is 3.37. The quantitative estimate of drug-likeness (QED) is 0.875. The van der Waals surface area contributed by atoms with E-state index in [0.717, 1.165) is 43.6 Å². The fourth-order valence-electron chi connectivity index (χ4n) is 3.37. The van der Waals surface area contributed by atoms with Gasteiger partial charge in [-0.3, -0.25) is 9.59 Å². The number of hydrogen-bond donors (Lipinski definition) is 1. The molecule has 5 heteroatoms. The highest BCUT2D eigenvalue weighted by molar-refractivity contribution is 5.97. The van der Waals surface area contributed by atoms with E-state index in [1.807, 2.05) is 43.9 Å². The number of carbonyl (C=O) groups is 2. The van der Waals surface area contributed by atoms with Crippen LogP contribution in [-0.4, -0.2) is 54.8 Å². The van der Waals surface area contributed by atoms with Crippen LogP contribution in [0.5, 0.6) is 0 Å². The van der Waals surface area contributed by atoms with E-state index in [1.165, 1.54) is 0 Å². The average Bonchev–Trinajstić information content (AvgIpc) is 2.81. The molecule has 1 atom stereocenters. The van der Waals surface area contributed by atoms with Gasteiger partial charge in [-0.15, -0.1) is 0 Å². The van der Waals surface area contributed by atoms with Crippen LogP contribution >= 0.6 is 0 Å². The summed E-state index contributed by atoms with van der Waals surface area (Å²) in [5.41, 5.74) is 2.36. The molecule has 0 radical (unpaired) electrons. The van der Waals surface area contributed by atoms with E-state index in [2.05, 4.69) is 24.3 Å². The number of likely N-dealkylation sites (tertiary alicyclic amines) is 1. The second-order valence-electron chi connectivity index (χ2n) is 8.04. The van der Waals surface area contributed by atoms with E-state index in [0.29, 0.717) is 23.9 Å². The summed E-state index contributed by atoms with van der Waals surface area (Å²) < 4.78 is 0. The monoisotopic (exact) mass is 359 g/mol. The molecule has 0 saturated carbocycles. The Morgan fingerprint density at radius 3 is 2.65 bits per heavy atom. The molecule has 0 aliphatic carbocycles. The lowest BCUT2D eigenvalue weighted by molar-refractivity contribution is -0.116. The molecule has 1 aliphatic heterocycles. The molecular formula is C21H33N3O2. The third-order valence-corrected chi connectivity index (χ3v) is 5.02. The molecule has 1 N–H and O–H groups in total. The summed E-state index contributed by atoms with van der Waals surface area (Å²) in [4.78, 5) is 29.3. The predicted molar refractivity (Wildman–Crippen MR) is 106 cm³/mol. The van der Waals surface area contributed by atoms with Crippen molar-refractivity contribution in [3.8, 4) is 0 Å². The zero-order valence-corrected chi connectivity index (χ0v) is 16.8. The van der Waals surface area contributed by atoms with E-state index in [4.69, 9.17) is 0 Å². The van der Waals surface area contributed by atoms with Crippen molar-refractivity contribution in [1.82, 2.24) is 9.80 Å². The Morgan fingerprint density at radius 1 is 1.27 bits per heavy atom. The van der Waals surface area contributed by atoms with E-state index < -0.39 is 0 Å². The Kier molecular flexibility index (Phi) is 7.21. The summed E-state index contributed by atoms with van der Waals surface area (Å²) in [5, 5.41) is 2.96. The van der Waals surface area contributed by atoms with Crippen LogP contribution in [0.2, 0.25) is 0 Å². The van der Waals surface area contributed by atoms with Gasteiger partial charge in [-0.25, -0.2) is 0 Å². The van der Waals surface area contributed by atoms with Gasteiger partial charge in [0.15, 0.2) is 0 Å². The number of anilines is 1. The van der Waals surface area contributed by atoms with E-state index in [9.17, 15) is 9.59 Å². The summed E-state index contributed by atoms with van der Waals surface area (Å²) in [6.07, 6.45) is 3.80. The van der Waals surface area contributed by atoms with Gasteiger partial charge in [-0.1, -0.05) is 26.3 Å².